The third-order valence-corrected chi connectivity index (χ3v) is 4.65. The monoisotopic (exact) mass is 298 g/mol. The molecule has 1 heteroatoms. The first-order valence-corrected chi connectivity index (χ1v) is 8.81. The van der Waals surface area contributed by atoms with Crippen LogP contribution < -0.4 is 5.30 Å². The molecule has 0 aliphatic carbocycles. The van der Waals surface area contributed by atoms with Gasteiger partial charge in [-0.1, -0.05) is 69.2 Å². The van der Waals surface area contributed by atoms with Gasteiger partial charge in [-0.25, -0.2) is 0 Å². The molecule has 0 N–H and O–H groups in total. The second kappa shape index (κ2) is 8.35. The van der Waals surface area contributed by atoms with Crippen molar-refractivity contribution in [3.8, 4) is 11.1 Å². The van der Waals surface area contributed by atoms with Crippen LogP contribution in [-0.2, 0) is 12.8 Å². The molecule has 0 spiro atoms. The van der Waals surface area contributed by atoms with Crippen LogP contribution in [0, 0.1) is 0 Å². The number of hydrogen-bond acceptors (Lipinski definition) is 0. The lowest BCUT2D eigenvalue weighted by Gasteiger charge is -2.17. The van der Waals surface area contributed by atoms with E-state index in [1.807, 2.05) is 0 Å². The average molecular weight is 298 g/mol. The summed E-state index contributed by atoms with van der Waals surface area (Å²) in [6.45, 7) is 4.55. The number of rotatable bonds is 7. The summed E-state index contributed by atoms with van der Waals surface area (Å²) in [4.78, 5) is 0. The van der Waals surface area contributed by atoms with E-state index < -0.39 is 0 Å². The van der Waals surface area contributed by atoms with Crippen molar-refractivity contribution >= 4 is 14.5 Å². The first-order chi connectivity index (χ1) is 10.3. The van der Waals surface area contributed by atoms with E-state index in [0.29, 0.717) is 0 Å². The molecule has 0 heterocycles. The van der Waals surface area contributed by atoms with Gasteiger partial charge in [0, 0.05) is 0 Å². The maximum Gasteiger partial charge on any atom is -0.0149 e. The molecule has 0 nitrogen and oxygen atoms in total. The van der Waals surface area contributed by atoms with Crippen molar-refractivity contribution in [2.24, 2.45) is 0 Å². The summed E-state index contributed by atoms with van der Waals surface area (Å²) in [5.41, 5.74) is 5.92. The highest BCUT2D eigenvalue weighted by molar-refractivity contribution is 7.27. The highest BCUT2D eigenvalue weighted by atomic mass is 31.0. The maximum absolute atomic E-state index is 2.94. The topological polar surface area (TPSA) is 0 Å². The fourth-order valence-electron chi connectivity index (χ4n) is 2.89. The third kappa shape index (κ3) is 4.17. The molecule has 0 bridgehead atoms. The molecule has 0 saturated heterocycles. The molecule has 0 radical (unpaired) electrons. The molecule has 2 aromatic carbocycles. The smallest absolute Gasteiger partial charge is 0.0149 e. The van der Waals surface area contributed by atoms with Gasteiger partial charge >= 0.3 is 0 Å². The number of hydrogen-bond donors (Lipinski definition) is 0. The standard InChI is InChI=1S/C20H27P/c1-3-5-12-18-17(16-10-8-7-9-11-16)14-15-20(21)19(18)13-6-4-2/h7-11,14-15H,3-6,12-13,21H2,1-2H3. The van der Waals surface area contributed by atoms with Crippen molar-refractivity contribution in [3.63, 3.8) is 0 Å². The zero-order valence-corrected chi connectivity index (χ0v) is 14.5. The SMILES string of the molecule is CCCCc1c(P)ccc(-c2ccccc2)c1CCCC. The number of benzene rings is 2. The van der Waals surface area contributed by atoms with E-state index in [1.54, 1.807) is 11.1 Å². The molecule has 0 fully saturated rings. The van der Waals surface area contributed by atoms with Crippen molar-refractivity contribution in [3.05, 3.63) is 53.6 Å². The predicted molar refractivity (Wildman–Crippen MR) is 98.4 cm³/mol. The Kier molecular flexibility index (Phi) is 6.46. The number of unbranched alkanes of at least 4 members (excludes halogenated alkanes) is 2. The van der Waals surface area contributed by atoms with Crippen LogP contribution in [0.3, 0.4) is 0 Å². The lowest BCUT2D eigenvalue weighted by Crippen LogP contribution is -2.09. The van der Waals surface area contributed by atoms with Gasteiger partial charge in [0.2, 0.25) is 0 Å². The van der Waals surface area contributed by atoms with Gasteiger partial charge in [-0.2, -0.15) is 0 Å². The highest BCUT2D eigenvalue weighted by Crippen LogP contribution is 2.28. The maximum atomic E-state index is 2.94. The second-order valence-electron chi connectivity index (χ2n) is 5.73. The molecule has 0 aromatic heterocycles. The van der Waals surface area contributed by atoms with Crippen LogP contribution in [0.1, 0.15) is 50.7 Å². The quantitative estimate of drug-likeness (QED) is 0.589. The summed E-state index contributed by atoms with van der Waals surface area (Å²) in [7, 11) is 2.94. The van der Waals surface area contributed by atoms with Crippen molar-refractivity contribution in [1.29, 1.82) is 0 Å². The molecule has 21 heavy (non-hydrogen) atoms. The minimum absolute atomic E-state index is 1.20. The first kappa shape index (κ1) is 16.2. The van der Waals surface area contributed by atoms with Gasteiger partial charge in [-0.05, 0) is 53.2 Å². The fourth-order valence-corrected chi connectivity index (χ4v) is 3.30. The largest absolute Gasteiger partial charge is 0.105 e. The zero-order chi connectivity index (χ0) is 15.1. The highest BCUT2D eigenvalue weighted by Gasteiger charge is 2.12. The second-order valence-corrected chi connectivity index (χ2v) is 6.35. The van der Waals surface area contributed by atoms with Gasteiger partial charge in [0.25, 0.3) is 0 Å². The molecule has 0 amide bonds. The van der Waals surface area contributed by atoms with Crippen LogP contribution in [-0.4, -0.2) is 0 Å². The Morgan fingerprint density at radius 1 is 0.762 bits per heavy atom. The van der Waals surface area contributed by atoms with E-state index in [-0.39, 0.29) is 0 Å². The Morgan fingerprint density at radius 2 is 1.38 bits per heavy atom. The van der Waals surface area contributed by atoms with E-state index >= 15 is 0 Å². The minimum atomic E-state index is 1.20. The van der Waals surface area contributed by atoms with Gasteiger partial charge in [0.1, 0.15) is 0 Å². The normalized spacial score (nSPS) is 10.8. The van der Waals surface area contributed by atoms with Crippen LogP contribution in [0.4, 0.5) is 0 Å². The van der Waals surface area contributed by atoms with E-state index in [1.165, 1.54) is 55.0 Å². The molecule has 0 aliphatic rings. The van der Waals surface area contributed by atoms with E-state index in [2.05, 4.69) is 65.6 Å². The Hall–Kier alpha value is -1.13. The predicted octanol–water partition coefficient (Wildman–Crippen LogP) is 5.54. The van der Waals surface area contributed by atoms with Gasteiger partial charge in [-0.3, -0.25) is 0 Å². The Balaban J connectivity index is 2.48. The van der Waals surface area contributed by atoms with Crippen molar-refractivity contribution in [2.45, 2.75) is 52.4 Å². The summed E-state index contributed by atoms with van der Waals surface area (Å²) in [6, 6.07) is 15.4. The van der Waals surface area contributed by atoms with Crippen LogP contribution in [0.15, 0.2) is 42.5 Å². The van der Waals surface area contributed by atoms with Gasteiger partial charge < -0.3 is 0 Å². The summed E-state index contributed by atoms with van der Waals surface area (Å²) in [6.07, 6.45) is 7.46. The summed E-state index contributed by atoms with van der Waals surface area (Å²) < 4.78 is 0. The molecule has 2 rings (SSSR count). The molecule has 1 unspecified atom stereocenters. The van der Waals surface area contributed by atoms with Crippen LogP contribution in [0.25, 0.3) is 11.1 Å². The molecular weight excluding hydrogens is 271 g/mol. The lowest BCUT2D eigenvalue weighted by molar-refractivity contribution is 0.762. The fraction of sp³-hybridized carbons (Fsp3) is 0.400. The van der Waals surface area contributed by atoms with E-state index in [4.69, 9.17) is 0 Å². The van der Waals surface area contributed by atoms with Crippen LogP contribution >= 0.6 is 9.24 Å². The van der Waals surface area contributed by atoms with Crippen molar-refractivity contribution in [1.82, 2.24) is 0 Å². The Labute approximate surface area is 132 Å². The molecular formula is C20H27P. The van der Waals surface area contributed by atoms with E-state index in [0.717, 1.165) is 0 Å². The first-order valence-electron chi connectivity index (χ1n) is 8.23. The summed E-state index contributed by atoms with van der Waals surface area (Å²) in [5.74, 6) is 0. The van der Waals surface area contributed by atoms with Gasteiger partial charge in [0.05, 0.1) is 0 Å². The Bertz CT molecular complexity index is 558. The molecule has 1 atom stereocenters. The summed E-state index contributed by atoms with van der Waals surface area (Å²) >= 11 is 0. The summed E-state index contributed by atoms with van der Waals surface area (Å²) in [5, 5.41) is 1.38. The van der Waals surface area contributed by atoms with Crippen molar-refractivity contribution in [2.75, 3.05) is 0 Å². The average Bonchev–Trinajstić information content (AvgIpc) is 2.53. The molecule has 2 aromatic rings. The van der Waals surface area contributed by atoms with Crippen LogP contribution in [0.2, 0.25) is 0 Å². The van der Waals surface area contributed by atoms with E-state index in [9.17, 15) is 0 Å². The minimum Gasteiger partial charge on any atom is -0.105 e. The van der Waals surface area contributed by atoms with Gasteiger partial charge in [0.15, 0.2) is 0 Å². The Morgan fingerprint density at radius 3 is 2.00 bits per heavy atom. The molecule has 0 aliphatic heterocycles. The third-order valence-electron chi connectivity index (χ3n) is 4.11. The van der Waals surface area contributed by atoms with Crippen molar-refractivity contribution < 1.29 is 0 Å². The van der Waals surface area contributed by atoms with Gasteiger partial charge in [-0.15, -0.1) is 9.24 Å². The lowest BCUT2D eigenvalue weighted by atomic mass is 9.90. The zero-order valence-electron chi connectivity index (χ0n) is 13.4. The molecule has 112 valence electrons. The van der Waals surface area contributed by atoms with Crippen LogP contribution in [0.5, 0.6) is 0 Å². The molecule has 0 saturated carbocycles.